The molecule has 2 rings (SSSR count). The minimum absolute atomic E-state index is 0.107. The molecule has 1 unspecified atom stereocenters. The largest absolute Gasteiger partial charge is 0.332 e. The molecule has 1 heterocycles. The lowest BCUT2D eigenvalue weighted by Gasteiger charge is -2.24. The van der Waals surface area contributed by atoms with Gasteiger partial charge in [-0.2, -0.15) is 4.31 Å². The van der Waals surface area contributed by atoms with E-state index in [4.69, 9.17) is 11.6 Å². The molecule has 0 aliphatic carbocycles. The van der Waals surface area contributed by atoms with Crippen LogP contribution in [0.25, 0.3) is 0 Å². The number of benzene rings is 1. The summed E-state index contributed by atoms with van der Waals surface area (Å²) in [6, 6.07) is 6.85. The van der Waals surface area contributed by atoms with E-state index in [-0.39, 0.29) is 11.1 Å². The molecule has 1 aromatic carbocycles. The van der Waals surface area contributed by atoms with Gasteiger partial charge in [-0.05, 0) is 24.6 Å². The summed E-state index contributed by atoms with van der Waals surface area (Å²) in [5.74, 6) is 0.650. The Morgan fingerprint density at radius 3 is 2.71 bits per heavy atom. The minimum atomic E-state index is -3.62. The maximum atomic E-state index is 12.6. The quantitative estimate of drug-likeness (QED) is 0.918. The Labute approximate surface area is 130 Å². The lowest BCUT2D eigenvalue weighted by molar-refractivity contribution is 0.397. The summed E-state index contributed by atoms with van der Waals surface area (Å²) >= 11 is 5.96. The monoisotopic (exact) mass is 327 g/mol. The first-order valence-electron chi connectivity index (χ1n) is 6.63. The van der Waals surface area contributed by atoms with E-state index in [2.05, 4.69) is 9.97 Å². The molecule has 0 radical (unpaired) electrons. The van der Waals surface area contributed by atoms with Crippen molar-refractivity contribution in [2.24, 2.45) is 0 Å². The highest BCUT2D eigenvalue weighted by atomic mass is 35.5. The Morgan fingerprint density at radius 2 is 2.14 bits per heavy atom. The average Bonchev–Trinajstić information content (AvgIpc) is 2.95. The van der Waals surface area contributed by atoms with E-state index in [1.165, 1.54) is 10.5 Å². The summed E-state index contributed by atoms with van der Waals surface area (Å²) in [6.07, 6.45) is 2.01. The van der Waals surface area contributed by atoms with Crippen LogP contribution >= 0.6 is 11.6 Å². The van der Waals surface area contributed by atoms with E-state index >= 15 is 0 Å². The number of nitrogens with one attached hydrogen (secondary N) is 1. The third-order valence-corrected chi connectivity index (χ3v) is 5.55. The molecule has 1 N–H and O–H groups in total. The molecule has 0 bridgehead atoms. The van der Waals surface area contributed by atoms with E-state index in [0.29, 0.717) is 17.3 Å². The molecule has 5 nitrogen and oxygen atoms in total. The van der Waals surface area contributed by atoms with Gasteiger partial charge in [0.15, 0.2) is 5.03 Å². The van der Waals surface area contributed by atoms with Crippen molar-refractivity contribution in [1.29, 1.82) is 0 Å². The zero-order valence-corrected chi connectivity index (χ0v) is 13.7. The Hall–Kier alpha value is -1.37. The number of halogens is 1. The summed E-state index contributed by atoms with van der Waals surface area (Å²) in [5, 5.41) is 0.690. The van der Waals surface area contributed by atoms with Gasteiger partial charge in [0.1, 0.15) is 5.82 Å². The topological polar surface area (TPSA) is 66.1 Å². The molecule has 21 heavy (non-hydrogen) atoms. The Bertz CT molecular complexity index is 727. The van der Waals surface area contributed by atoms with Crippen molar-refractivity contribution in [3.63, 3.8) is 0 Å². The van der Waals surface area contributed by atoms with Crippen LogP contribution in [-0.2, 0) is 16.4 Å². The Balaban J connectivity index is 2.31. The van der Waals surface area contributed by atoms with Crippen molar-refractivity contribution in [2.45, 2.75) is 31.3 Å². The predicted molar refractivity (Wildman–Crippen MR) is 82.8 cm³/mol. The maximum Gasteiger partial charge on any atom is 0.260 e. The fraction of sp³-hybridized carbons (Fsp3) is 0.357. The van der Waals surface area contributed by atoms with Crippen LogP contribution in [0.1, 0.15) is 31.3 Å². The molecule has 1 aromatic heterocycles. The fourth-order valence-electron chi connectivity index (χ4n) is 1.99. The van der Waals surface area contributed by atoms with E-state index < -0.39 is 10.0 Å². The van der Waals surface area contributed by atoms with Gasteiger partial charge in [0, 0.05) is 24.5 Å². The molecule has 0 fully saturated rings. The standard InChI is InChI=1S/C14H18ClN3O2S/c1-4-13-16-9-14(17-13)21(19,20)18(3)10(2)11-6-5-7-12(15)8-11/h5-10H,4H2,1-3H3,(H,16,17). The van der Waals surface area contributed by atoms with Gasteiger partial charge in [-0.25, -0.2) is 13.4 Å². The second kappa shape index (κ2) is 6.17. The molecule has 0 saturated heterocycles. The molecule has 114 valence electrons. The Morgan fingerprint density at radius 1 is 1.43 bits per heavy atom. The van der Waals surface area contributed by atoms with Crippen LogP contribution in [0.5, 0.6) is 0 Å². The Kier molecular flexibility index (Phi) is 4.70. The number of H-pyrrole nitrogens is 1. The number of imidazole rings is 1. The smallest absolute Gasteiger partial charge is 0.260 e. The van der Waals surface area contributed by atoms with Crippen molar-refractivity contribution in [2.75, 3.05) is 7.05 Å². The molecule has 0 amide bonds. The molecule has 0 spiro atoms. The molecule has 0 aliphatic heterocycles. The highest BCUT2D eigenvalue weighted by Gasteiger charge is 2.28. The first-order valence-corrected chi connectivity index (χ1v) is 8.45. The first-order chi connectivity index (χ1) is 9.86. The van der Waals surface area contributed by atoms with Crippen LogP contribution in [-0.4, -0.2) is 29.7 Å². The molecule has 1 atom stereocenters. The number of hydrogen-bond acceptors (Lipinski definition) is 3. The third-order valence-electron chi connectivity index (χ3n) is 3.47. The maximum absolute atomic E-state index is 12.6. The van der Waals surface area contributed by atoms with Crippen LogP contribution < -0.4 is 0 Å². The highest BCUT2D eigenvalue weighted by Crippen LogP contribution is 2.26. The first kappa shape index (κ1) is 16.0. The third kappa shape index (κ3) is 3.28. The van der Waals surface area contributed by atoms with Gasteiger partial charge < -0.3 is 4.98 Å². The lowest BCUT2D eigenvalue weighted by Crippen LogP contribution is -2.30. The normalized spacial score (nSPS) is 13.6. The van der Waals surface area contributed by atoms with Gasteiger partial charge in [-0.3, -0.25) is 0 Å². The SMILES string of the molecule is CCc1ncc(S(=O)(=O)N(C)C(C)c2cccc(Cl)c2)[nH]1. The fourth-order valence-corrected chi connectivity index (χ4v) is 3.47. The molecule has 0 saturated carbocycles. The summed E-state index contributed by atoms with van der Waals surface area (Å²) in [4.78, 5) is 6.88. The second-order valence-electron chi connectivity index (χ2n) is 4.80. The number of sulfonamides is 1. The number of nitrogens with zero attached hydrogens (tertiary/aromatic N) is 2. The van der Waals surface area contributed by atoms with E-state index in [0.717, 1.165) is 5.56 Å². The van der Waals surface area contributed by atoms with Gasteiger partial charge in [-0.15, -0.1) is 0 Å². The number of aromatic amines is 1. The summed E-state index contributed by atoms with van der Waals surface area (Å²) < 4.78 is 26.5. The van der Waals surface area contributed by atoms with Crippen LogP contribution in [0.3, 0.4) is 0 Å². The molecule has 7 heteroatoms. The van der Waals surface area contributed by atoms with Crippen LogP contribution in [0.15, 0.2) is 35.5 Å². The number of hydrogen-bond donors (Lipinski definition) is 1. The van der Waals surface area contributed by atoms with Crippen molar-refractivity contribution in [3.8, 4) is 0 Å². The summed E-state index contributed by atoms with van der Waals surface area (Å²) in [6.45, 7) is 3.73. The van der Waals surface area contributed by atoms with E-state index in [1.807, 2.05) is 19.9 Å². The number of aromatic nitrogens is 2. The van der Waals surface area contributed by atoms with Crippen LogP contribution in [0.2, 0.25) is 5.02 Å². The molecule has 0 aliphatic rings. The zero-order chi connectivity index (χ0) is 15.6. The van der Waals surface area contributed by atoms with Crippen molar-refractivity contribution >= 4 is 21.6 Å². The van der Waals surface area contributed by atoms with Crippen LogP contribution in [0, 0.1) is 0 Å². The van der Waals surface area contributed by atoms with Gasteiger partial charge in [0.25, 0.3) is 10.0 Å². The summed E-state index contributed by atoms with van der Waals surface area (Å²) in [7, 11) is -2.07. The number of rotatable bonds is 5. The average molecular weight is 328 g/mol. The van der Waals surface area contributed by atoms with Crippen molar-refractivity contribution in [1.82, 2.24) is 14.3 Å². The zero-order valence-electron chi connectivity index (χ0n) is 12.2. The number of aryl methyl sites for hydroxylation is 1. The van der Waals surface area contributed by atoms with Gasteiger partial charge >= 0.3 is 0 Å². The predicted octanol–water partition coefficient (Wildman–Crippen LogP) is 3.01. The van der Waals surface area contributed by atoms with Gasteiger partial charge in [-0.1, -0.05) is 30.7 Å². The van der Waals surface area contributed by atoms with Crippen molar-refractivity contribution in [3.05, 3.63) is 46.9 Å². The lowest BCUT2D eigenvalue weighted by atomic mass is 10.1. The molecule has 2 aromatic rings. The van der Waals surface area contributed by atoms with E-state index in [1.54, 1.807) is 25.2 Å². The molecular weight excluding hydrogens is 310 g/mol. The van der Waals surface area contributed by atoms with Gasteiger partial charge in [0.2, 0.25) is 0 Å². The van der Waals surface area contributed by atoms with Crippen molar-refractivity contribution < 1.29 is 8.42 Å². The second-order valence-corrected chi connectivity index (χ2v) is 7.20. The van der Waals surface area contributed by atoms with Gasteiger partial charge in [0.05, 0.1) is 6.20 Å². The summed E-state index contributed by atoms with van der Waals surface area (Å²) in [5.41, 5.74) is 0.837. The highest BCUT2D eigenvalue weighted by molar-refractivity contribution is 7.89. The van der Waals surface area contributed by atoms with E-state index in [9.17, 15) is 8.42 Å². The minimum Gasteiger partial charge on any atom is -0.332 e. The molecular formula is C14H18ClN3O2S. The van der Waals surface area contributed by atoms with Crippen LogP contribution in [0.4, 0.5) is 0 Å².